The fourth-order valence-electron chi connectivity index (χ4n) is 2.14. The number of rotatable bonds is 6. The maximum Gasteiger partial charge on any atom is 0.0488 e. The van der Waals surface area contributed by atoms with Gasteiger partial charge in [-0.3, -0.25) is 11.7 Å². The number of para-hydroxylation sites is 1. The van der Waals surface area contributed by atoms with Crippen molar-refractivity contribution in [1.82, 2.24) is 15.8 Å². The van der Waals surface area contributed by atoms with Gasteiger partial charge >= 0.3 is 0 Å². The molecule has 23 heavy (non-hydrogen) atoms. The molecular formula is C16H21N7. The SMILES string of the molecule is NN/C=C(N)/C=C/c1[nH]c2ccccc2c1/C=C/C(N)=C/NN. The average Bonchev–Trinajstić information content (AvgIpc) is 2.89. The lowest BCUT2D eigenvalue weighted by atomic mass is 10.1. The molecule has 0 bridgehead atoms. The molecule has 2 rings (SSSR count). The van der Waals surface area contributed by atoms with Crippen molar-refractivity contribution in [2.75, 3.05) is 0 Å². The van der Waals surface area contributed by atoms with E-state index in [1.165, 1.54) is 12.4 Å². The topological polar surface area (TPSA) is 144 Å². The molecule has 0 fully saturated rings. The number of aromatic nitrogens is 1. The minimum absolute atomic E-state index is 0.507. The number of nitrogens with one attached hydrogen (secondary N) is 3. The Kier molecular flexibility index (Phi) is 5.45. The van der Waals surface area contributed by atoms with Crippen molar-refractivity contribution in [3.05, 3.63) is 71.5 Å². The van der Waals surface area contributed by atoms with E-state index in [1.54, 1.807) is 12.2 Å². The highest BCUT2D eigenvalue weighted by Crippen LogP contribution is 2.25. The van der Waals surface area contributed by atoms with Gasteiger partial charge in [0.1, 0.15) is 0 Å². The van der Waals surface area contributed by atoms with Crippen LogP contribution in [0.25, 0.3) is 23.1 Å². The molecule has 11 N–H and O–H groups in total. The summed E-state index contributed by atoms with van der Waals surface area (Å²) in [7, 11) is 0. The molecule has 0 amide bonds. The first-order valence-electron chi connectivity index (χ1n) is 6.96. The van der Waals surface area contributed by atoms with E-state index in [1.807, 2.05) is 36.4 Å². The van der Waals surface area contributed by atoms with Crippen LogP contribution >= 0.6 is 0 Å². The molecule has 7 nitrogen and oxygen atoms in total. The molecule has 2 aromatic rings. The summed E-state index contributed by atoms with van der Waals surface area (Å²) < 4.78 is 0. The Morgan fingerprint density at radius 2 is 1.52 bits per heavy atom. The van der Waals surface area contributed by atoms with Crippen molar-refractivity contribution < 1.29 is 0 Å². The van der Waals surface area contributed by atoms with Gasteiger partial charge in [0.05, 0.1) is 0 Å². The summed E-state index contributed by atoms with van der Waals surface area (Å²) in [6.45, 7) is 0. The molecule has 0 unspecified atom stereocenters. The van der Waals surface area contributed by atoms with E-state index in [2.05, 4.69) is 15.8 Å². The second-order valence-corrected chi connectivity index (χ2v) is 4.79. The van der Waals surface area contributed by atoms with E-state index >= 15 is 0 Å². The average molecular weight is 311 g/mol. The van der Waals surface area contributed by atoms with Gasteiger partial charge in [-0.05, 0) is 24.3 Å². The second-order valence-electron chi connectivity index (χ2n) is 4.79. The van der Waals surface area contributed by atoms with Crippen LogP contribution in [0.4, 0.5) is 0 Å². The van der Waals surface area contributed by atoms with Crippen molar-refractivity contribution in [2.45, 2.75) is 0 Å². The number of aromatic amines is 1. The molecule has 1 heterocycles. The Morgan fingerprint density at radius 1 is 0.913 bits per heavy atom. The standard InChI is InChI=1S/C16H21N7/c17-11(9-21-19)5-7-14-13-3-1-2-4-15(13)23-16(14)8-6-12(18)10-22-20/h1-10,21-23H,17-20H2/b7-5+,8-6+,11-9-,12-10-. The van der Waals surface area contributed by atoms with Crippen LogP contribution < -0.4 is 34.0 Å². The number of allylic oxidation sites excluding steroid dienone is 2. The van der Waals surface area contributed by atoms with Crippen LogP contribution in [0.5, 0.6) is 0 Å². The Labute approximate surface area is 134 Å². The van der Waals surface area contributed by atoms with Gasteiger partial charge in [0, 0.05) is 46.0 Å². The van der Waals surface area contributed by atoms with Crippen LogP contribution in [0.3, 0.4) is 0 Å². The molecule has 120 valence electrons. The smallest absolute Gasteiger partial charge is 0.0488 e. The highest BCUT2D eigenvalue weighted by atomic mass is 15.2. The number of hydrogen-bond acceptors (Lipinski definition) is 6. The number of hydrazine groups is 2. The summed E-state index contributed by atoms with van der Waals surface area (Å²) in [5, 5.41) is 1.08. The maximum absolute atomic E-state index is 5.81. The lowest BCUT2D eigenvalue weighted by molar-refractivity contribution is 0.954. The molecule has 0 saturated heterocycles. The highest BCUT2D eigenvalue weighted by molar-refractivity contribution is 5.93. The normalized spacial score (nSPS) is 13.3. The monoisotopic (exact) mass is 311 g/mol. The van der Waals surface area contributed by atoms with Crippen molar-refractivity contribution in [3.63, 3.8) is 0 Å². The zero-order valence-corrected chi connectivity index (χ0v) is 12.6. The zero-order chi connectivity index (χ0) is 16.7. The fourth-order valence-corrected chi connectivity index (χ4v) is 2.14. The third-order valence-electron chi connectivity index (χ3n) is 3.16. The second kappa shape index (κ2) is 7.74. The van der Waals surface area contributed by atoms with E-state index in [4.69, 9.17) is 23.2 Å². The molecule has 0 spiro atoms. The number of benzene rings is 1. The van der Waals surface area contributed by atoms with Crippen molar-refractivity contribution >= 4 is 23.1 Å². The van der Waals surface area contributed by atoms with Crippen molar-refractivity contribution in [3.8, 4) is 0 Å². The van der Waals surface area contributed by atoms with Crippen LogP contribution in [-0.4, -0.2) is 4.98 Å². The number of H-pyrrole nitrogens is 1. The molecule has 0 aliphatic heterocycles. The largest absolute Gasteiger partial charge is 0.398 e. The van der Waals surface area contributed by atoms with Crippen molar-refractivity contribution in [1.29, 1.82) is 0 Å². The fraction of sp³-hybridized carbons (Fsp3) is 0. The first-order valence-corrected chi connectivity index (χ1v) is 6.96. The first-order chi connectivity index (χ1) is 11.2. The third-order valence-corrected chi connectivity index (χ3v) is 3.16. The van der Waals surface area contributed by atoms with Gasteiger partial charge in [0.2, 0.25) is 0 Å². The predicted octanol–water partition coefficient (Wildman–Crippen LogP) is 0.721. The molecule has 1 aromatic heterocycles. The summed E-state index contributed by atoms with van der Waals surface area (Å²) in [5.74, 6) is 10.4. The molecular weight excluding hydrogens is 290 g/mol. The number of fused-ring (bicyclic) bond motifs is 1. The Hall–Kier alpha value is -3.16. The van der Waals surface area contributed by atoms with Crippen molar-refractivity contribution in [2.24, 2.45) is 23.2 Å². The molecule has 0 radical (unpaired) electrons. The van der Waals surface area contributed by atoms with Gasteiger partial charge in [-0.25, -0.2) is 0 Å². The van der Waals surface area contributed by atoms with Gasteiger partial charge in [-0.2, -0.15) is 0 Å². The van der Waals surface area contributed by atoms with Gasteiger partial charge in [-0.15, -0.1) is 0 Å². The summed E-state index contributed by atoms with van der Waals surface area (Å²) >= 11 is 0. The molecule has 0 atom stereocenters. The van der Waals surface area contributed by atoms with E-state index in [0.717, 1.165) is 22.2 Å². The summed E-state index contributed by atoms with van der Waals surface area (Å²) in [4.78, 5) is 3.34. The van der Waals surface area contributed by atoms with Crippen LogP contribution in [0, 0.1) is 0 Å². The Bertz CT molecular complexity index is 781. The van der Waals surface area contributed by atoms with Gasteiger partial charge < -0.3 is 27.3 Å². The molecule has 7 heteroatoms. The lowest BCUT2D eigenvalue weighted by Gasteiger charge is -1.97. The van der Waals surface area contributed by atoms with E-state index in [0.29, 0.717) is 11.4 Å². The number of nitrogens with two attached hydrogens (primary N) is 4. The summed E-state index contributed by atoms with van der Waals surface area (Å²) in [6.07, 6.45) is 10.3. The van der Waals surface area contributed by atoms with E-state index in [9.17, 15) is 0 Å². The molecule has 0 aliphatic rings. The minimum atomic E-state index is 0.507. The number of hydrogen-bond donors (Lipinski definition) is 7. The van der Waals surface area contributed by atoms with Gasteiger partial charge in [0.25, 0.3) is 0 Å². The summed E-state index contributed by atoms with van der Waals surface area (Å²) in [5.41, 5.74) is 20.3. The Balaban J connectivity index is 2.45. The van der Waals surface area contributed by atoms with Crippen LogP contribution in [-0.2, 0) is 0 Å². The predicted molar refractivity (Wildman–Crippen MR) is 95.6 cm³/mol. The van der Waals surface area contributed by atoms with Crippen LogP contribution in [0.15, 0.2) is 60.2 Å². The van der Waals surface area contributed by atoms with Crippen LogP contribution in [0.1, 0.15) is 11.3 Å². The lowest BCUT2D eigenvalue weighted by Crippen LogP contribution is -2.15. The molecule has 1 aromatic carbocycles. The first kappa shape index (κ1) is 16.2. The van der Waals surface area contributed by atoms with E-state index in [-0.39, 0.29) is 0 Å². The zero-order valence-electron chi connectivity index (χ0n) is 12.6. The quantitative estimate of drug-likeness (QED) is 0.238. The van der Waals surface area contributed by atoms with Gasteiger partial charge in [-0.1, -0.05) is 24.3 Å². The van der Waals surface area contributed by atoms with Gasteiger partial charge in [0.15, 0.2) is 0 Å². The third kappa shape index (κ3) is 4.16. The molecule has 0 saturated carbocycles. The Morgan fingerprint density at radius 3 is 2.17 bits per heavy atom. The molecule has 0 aliphatic carbocycles. The maximum atomic E-state index is 5.81. The summed E-state index contributed by atoms with van der Waals surface area (Å²) in [6, 6.07) is 7.99. The minimum Gasteiger partial charge on any atom is -0.398 e. The van der Waals surface area contributed by atoms with Crippen LogP contribution in [0.2, 0.25) is 0 Å². The van der Waals surface area contributed by atoms with E-state index < -0.39 is 0 Å². The highest BCUT2D eigenvalue weighted by Gasteiger charge is 2.06.